The highest BCUT2D eigenvalue weighted by Crippen LogP contribution is 2.27. The second kappa shape index (κ2) is 6.37. The minimum atomic E-state index is -1.20. The Morgan fingerprint density at radius 1 is 1.32 bits per heavy atom. The molecule has 1 aliphatic rings. The summed E-state index contributed by atoms with van der Waals surface area (Å²) in [5.74, 6) is -0.103. The standard InChI is InChI=1S/C13H19N5O4/c1-7-5-18(10-2-3-15-4-8(10)14)6-9(16-12(19)20)11(7)17-13(21)22/h2-4,7,9,11,16-17H,5-6,14H2,1H3,(H,19,20)(H,21,22). The van der Waals surface area contributed by atoms with Crippen LogP contribution in [0.4, 0.5) is 21.0 Å². The van der Waals surface area contributed by atoms with Crippen molar-refractivity contribution < 1.29 is 19.8 Å². The third-order valence-electron chi connectivity index (χ3n) is 3.74. The van der Waals surface area contributed by atoms with Gasteiger partial charge in [0.2, 0.25) is 0 Å². The summed E-state index contributed by atoms with van der Waals surface area (Å²) in [6.07, 6.45) is 0.767. The van der Waals surface area contributed by atoms with Crippen LogP contribution in [0, 0.1) is 5.92 Å². The van der Waals surface area contributed by atoms with E-state index in [0.717, 1.165) is 5.69 Å². The van der Waals surface area contributed by atoms with Crippen LogP contribution in [-0.2, 0) is 0 Å². The van der Waals surface area contributed by atoms with Gasteiger partial charge in [-0.3, -0.25) is 4.98 Å². The van der Waals surface area contributed by atoms with E-state index in [2.05, 4.69) is 15.6 Å². The lowest BCUT2D eigenvalue weighted by atomic mass is 9.89. The second-order valence-corrected chi connectivity index (χ2v) is 5.35. The molecule has 1 saturated heterocycles. The van der Waals surface area contributed by atoms with Crippen LogP contribution >= 0.6 is 0 Å². The number of anilines is 2. The van der Waals surface area contributed by atoms with Crippen molar-refractivity contribution in [2.75, 3.05) is 23.7 Å². The van der Waals surface area contributed by atoms with Crippen molar-refractivity contribution in [3.8, 4) is 0 Å². The van der Waals surface area contributed by atoms with Gasteiger partial charge >= 0.3 is 12.2 Å². The number of piperidine rings is 1. The molecule has 1 aromatic rings. The zero-order chi connectivity index (χ0) is 16.3. The van der Waals surface area contributed by atoms with Gasteiger partial charge in [0.05, 0.1) is 29.7 Å². The molecule has 9 heteroatoms. The number of nitrogens with two attached hydrogens (primary N) is 1. The second-order valence-electron chi connectivity index (χ2n) is 5.35. The highest BCUT2D eigenvalue weighted by molar-refractivity contribution is 5.69. The summed E-state index contributed by atoms with van der Waals surface area (Å²) in [4.78, 5) is 27.8. The molecule has 0 spiro atoms. The van der Waals surface area contributed by atoms with Gasteiger partial charge in [-0.1, -0.05) is 6.92 Å². The summed E-state index contributed by atoms with van der Waals surface area (Å²) in [5.41, 5.74) is 7.16. The molecule has 2 heterocycles. The van der Waals surface area contributed by atoms with Crippen molar-refractivity contribution in [1.29, 1.82) is 0 Å². The Morgan fingerprint density at radius 2 is 2.00 bits per heavy atom. The average Bonchev–Trinajstić information content (AvgIpc) is 2.42. The largest absolute Gasteiger partial charge is 0.465 e. The zero-order valence-electron chi connectivity index (χ0n) is 12.1. The van der Waals surface area contributed by atoms with Gasteiger partial charge in [0.15, 0.2) is 0 Å². The molecule has 2 amide bonds. The van der Waals surface area contributed by atoms with Crippen LogP contribution in [0.25, 0.3) is 0 Å². The molecule has 0 aliphatic carbocycles. The number of pyridine rings is 1. The fraction of sp³-hybridized carbons (Fsp3) is 0.462. The first-order valence-corrected chi connectivity index (χ1v) is 6.82. The predicted molar refractivity (Wildman–Crippen MR) is 79.9 cm³/mol. The molecule has 3 atom stereocenters. The van der Waals surface area contributed by atoms with Crippen LogP contribution in [0.2, 0.25) is 0 Å². The fourth-order valence-corrected chi connectivity index (χ4v) is 2.85. The van der Waals surface area contributed by atoms with Crippen LogP contribution in [0.15, 0.2) is 18.5 Å². The number of carbonyl (C=O) groups is 2. The van der Waals surface area contributed by atoms with E-state index >= 15 is 0 Å². The highest BCUT2D eigenvalue weighted by atomic mass is 16.4. The molecule has 0 bridgehead atoms. The van der Waals surface area contributed by atoms with Crippen molar-refractivity contribution in [2.45, 2.75) is 19.0 Å². The van der Waals surface area contributed by atoms with Gasteiger partial charge in [0.25, 0.3) is 0 Å². The van der Waals surface area contributed by atoms with E-state index in [4.69, 9.17) is 15.9 Å². The zero-order valence-corrected chi connectivity index (χ0v) is 12.1. The molecule has 22 heavy (non-hydrogen) atoms. The van der Waals surface area contributed by atoms with Gasteiger partial charge in [-0.25, -0.2) is 9.59 Å². The molecule has 1 aliphatic heterocycles. The predicted octanol–water partition coefficient (Wildman–Crippen LogP) is 0.392. The number of carboxylic acid groups (broad SMARTS) is 2. The lowest BCUT2D eigenvalue weighted by molar-refractivity contribution is 0.162. The monoisotopic (exact) mass is 309 g/mol. The topological polar surface area (TPSA) is 141 Å². The normalized spacial score (nSPS) is 24.6. The van der Waals surface area contributed by atoms with E-state index in [-0.39, 0.29) is 5.92 Å². The summed E-state index contributed by atoms with van der Waals surface area (Å²) in [7, 11) is 0. The van der Waals surface area contributed by atoms with Crippen molar-refractivity contribution in [1.82, 2.24) is 15.6 Å². The summed E-state index contributed by atoms with van der Waals surface area (Å²) >= 11 is 0. The van der Waals surface area contributed by atoms with E-state index in [1.54, 1.807) is 12.3 Å². The van der Waals surface area contributed by atoms with E-state index in [1.807, 2.05) is 11.8 Å². The number of amides is 2. The molecule has 0 aromatic carbocycles. The van der Waals surface area contributed by atoms with Gasteiger partial charge in [-0.15, -0.1) is 0 Å². The van der Waals surface area contributed by atoms with E-state index in [1.165, 1.54) is 6.20 Å². The third kappa shape index (κ3) is 3.48. The maximum Gasteiger partial charge on any atom is 0.405 e. The summed E-state index contributed by atoms with van der Waals surface area (Å²) in [6, 6.07) is 0.669. The first kappa shape index (κ1) is 15.7. The van der Waals surface area contributed by atoms with Crippen LogP contribution < -0.4 is 21.3 Å². The summed E-state index contributed by atoms with van der Waals surface area (Å²) < 4.78 is 0. The van der Waals surface area contributed by atoms with Crippen molar-refractivity contribution in [2.24, 2.45) is 5.92 Å². The number of nitrogens with one attached hydrogen (secondary N) is 2. The quantitative estimate of drug-likeness (QED) is 0.544. The Morgan fingerprint density at radius 3 is 2.59 bits per heavy atom. The number of nitrogen functional groups attached to an aromatic ring is 1. The fourth-order valence-electron chi connectivity index (χ4n) is 2.85. The molecule has 1 aromatic heterocycles. The van der Waals surface area contributed by atoms with E-state index in [9.17, 15) is 9.59 Å². The molecular formula is C13H19N5O4. The summed E-state index contributed by atoms with van der Waals surface area (Å²) in [5, 5.41) is 22.7. The lowest BCUT2D eigenvalue weighted by Gasteiger charge is -2.43. The highest BCUT2D eigenvalue weighted by Gasteiger charge is 2.37. The molecule has 120 valence electrons. The Labute approximate surface area is 127 Å². The molecule has 2 rings (SSSR count). The molecular weight excluding hydrogens is 290 g/mol. The third-order valence-corrected chi connectivity index (χ3v) is 3.74. The number of hydrogen-bond donors (Lipinski definition) is 5. The molecule has 3 unspecified atom stereocenters. The van der Waals surface area contributed by atoms with Gasteiger partial charge < -0.3 is 31.5 Å². The first-order valence-electron chi connectivity index (χ1n) is 6.82. The molecule has 6 N–H and O–H groups in total. The number of hydrogen-bond acceptors (Lipinski definition) is 5. The Hall–Kier alpha value is -2.71. The maximum atomic E-state index is 11.0. The Kier molecular flexibility index (Phi) is 4.54. The smallest absolute Gasteiger partial charge is 0.405 e. The number of nitrogens with zero attached hydrogens (tertiary/aromatic N) is 2. The Balaban J connectivity index is 2.23. The molecule has 9 nitrogen and oxygen atoms in total. The average molecular weight is 309 g/mol. The van der Waals surface area contributed by atoms with Crippen LogP contribution in [-0.4, -0.2) is 52.6 Å². The van der Waals surface area contributed by atoms with Crippen LogP contribution in [0.1, 0.15) is 6.92 Å². The SMILES string of the molecule is CC1CN(c2ccncc2N)CC(NC(=O)O)C1NC(=O)O. The minimum Gasteiger partial charge on any atom is -0.465 e. The molecule has 0 radical (unpaired) electrons. The van der Waals surface area contributed by atoms with Crippen LogP contribution in [0.5, 0.6) is 0 Å². The maximum absolute atomic E-state index is 11.0. The number of aromatic nitrogens is 1. The Bertz CT molecular complexity index is 567. The van der Waals surface area contributed by atoms with Crippen molar-refractivity contribution in [3.63, 3.8) is 0 Å². The van der Waals surface area contributed by atoms with E-state index in [0.29, 0.717) is 18.8 Å². The van der Waals surface area contributed by atoms with Gasteiger partial charge in [0.1, 0.15) is 0 Å². The van der Waals surface area contributed by atoms with E-state index < -0.39 is 24.3 Å². The van der Waals surface area contributed by atoms with Gasteiger partial charge in [0, 0.05) is 19.3 Å². The summed E-state index contributed by atoms with van der Waals surface area (Å²) in [6.45, 7) is 2.73. The first-order chi connectivity index (χ1) is 10.4. The minimum absolute atomic E-state index is 0.103. The van der Waals surface area contributed by atoms with Crippen molar-refractivity contribution >= 4 is 23.6 Å². The van der Waals surface area contributed by atoms with Gasteiger partial charge in [-0.2, -0.15) is 0 Å². The molecule has 0 saturated carbocycles. The van der Waals surface area contributed by atoms with Gasteiger partial charge in [-0.05, 0) is 12.0 Å². The van der Waals surface area contributed by atoms with Crippen molar-refractivity contribution in [3.05, 3.63) is 18.5 Å². The lowest BCUT2D eigenvalue weighted by Crippen LogP contribution is -2.64. The number of rotatable bonds is 3. The van der Waals surface area contributed by atoms with Crippen LogP contribution in [0.3, 0.4) is 0 Å². The molecule has 1 fully saturated rings.